The lowest BCUT2D eigenvalue weighted by Crippen LogP contribution is -2.52. The molecule has 2 atom stereocenters. The second kappa shape index (κ2) is 11.4. The van der Waals surface area contributed by atoms with Crippen LogP contribution in [0.15, 0.2) is 60.7 Å². The first-order chi connectivity index (χ1) is 19.1. The molecule has 2 aliphatic rings. The van der Waals surface area contributed by atoms with Crippen LogP contribution < -0.4 is 14.8 Å². The Morgan fingerprint density at radius 3 is 2.20 bits per heavy atom. The number of ketones is 1. The maximum atomic E-state index is 14.7. The topological polar surface area (TPSA) is 88.1 Å². The summed E-state index contributed by atoms with van der Waals surface area (Å²) in [5.41, 5.74) is 3.72. The van der Waals surface area contributed by atoms with Crippen molar-refractivity contribution in [1.29, 1.82) is 0 Å². The number of Topliss-reactive ketones (excluding diaryl/α,β-unsaturated/α-hetero) is 1. The number of nitrogens with one attached hydrogen (secondary N) is 1. The standard InChI is InChI=1S/C32H35FN2O5/c1-32(2,3)24-11-9-21(10-12-24)20-5-7-22(8-6-20)29(37)31(38)34-26(19-35-13-4-14-35)28(36)23-17-25(33)30-27(18-23)39-15-16-40-30/h5-12,17-18,26,28,36H,4,13-16,19H2,1-3H3,(H,34,38). The van der Waals surface area contributed by atoms with E-state index in [2.05, 4.69) is 43.1 Å². The number of aliphatic hydroxyl groups is 1. The minimum absolute atomic E-state index is 0.00861. The van der Waals surface area contributed by atoms with E-state index in [9.17, 15) is 19.1 Å². The summed E-state index contributed by atoms with van der Waals surface area (Å²) < 4.78 is 25.5. The lowest BCUT2D eigenvalue weighted by molar-refractivity contribution is -0.118. The van der Waals surface area contributed by atoms with Crippen LogP contribution in [0, 0.1) is 5.82 Å². The van der Waals surface area contributed by atoms with Crippen LogP contribution >= 0.6 is 0 Å². The van der Waals surface area contributed by atoms with Gasteiger partial charge in [-0.3, -0.25) is 9.59 Å². The average molecular weight is 547 g/mol. The molecule has 40 heavy (non-hydrogen) atoms. The maximum absolute atomic E-state index is 14.7. The first-order valence-electron chi connectivity index (χ1n) is 13.7. The second-order valence-electron chi connectivity index (χ2n) is 11.4. The van der Waals surface area contributed by atoms with Gasteiger partial charge in [-0.25, -0.2) is 4.39 Å². The van der Waals surface area contributed by atoms with Crippen LogP contribution in [0.4, 0.5) is 4.39 Å². The molecule has 210 valence electrons. The summed E-state index contributed by atoms with van der Waals surface area (Å²) in [6.07, 6.45) is -0.249. The number of likely N-dealkylation sites (tertiary alicyclic amines) is 1. The molecule has 0 spiro atoms. The van der Waals surface area contributed by atoms with Gasteiger partial charge in [-0.2, -0.15) is 0 Å². The zero-order valence-electron chi connectivity index (χ0n) is 23.1. The van der Waals surface area contributed by atoms with Gasteiger partial charge in [0.25, 0.3) is 5.91 Å². The van der Waals surface area contributed by atoms with E-state index in [1.165, 1.54) is 17.7 Å². The van der Waals surface area contributed by atoms with Crippen LogP contribution in [-0.4, -0.2) is 60.6 Å². The smallest absolute Gasteiger partial charge is 0.292 e. The summed E-state index contributed by atoms with van der Waals surface area (Å²) in [4.78, 5) is 28.2. The van der Waals surface area contributed by atoms with E-state index in [0.29, 0.717) is 6.54 Å². The Morgan fingerprint density at radius 1 is 0.975 bits per heavy atom. The van der Waals surface area contributed by atoms with Gasteiger partial charge in [-0.1, -0.05) is 69.3 Å². The molecule has 1 amide bonds. The molecule has 2 heterocycles. The third kappa shape index (κ3) is 6.03. The third-order valence-electron chi connectivity index (χ3n) is 7.50. The molecule has 0 radical (unpaired) electrons. The maximum Gasteiger partial charge on any atom is 0.292 e. The number of hydrogen-bond donors (Lipinski definition) is 2. The first-order valence-corrected chi connectivity index (χ1v) is 13.7. The summed E-state index contributed by atoms with van der Waals surface area (Å²) in [7, 11) is 0. The first kappa shape index (κ1) is 27.8. The van der Waals surface area contributed by atoms with Crippen molar-refractivity contribution in [3.63, 3.8) is 0 Å². The molecule has 3 aromatic carbocycles. The van der Waals surface area contributed by atoms with E-state index in [-0.39, 0.29) is 41.3 Å². The molecule has 0 aromatic heterocycles. The molecule has 1 fully saturated rings. The zero-order chi connectivity index (χ0) is 28.4. The number of amides is 1. The third-order valence-corrected chi connectivity index (χ3v) is 7.50. The number of halogens is 1. The van der Waals surface area contributed by atoms with E-state index >= 15 is 0 Å². The number of carbonyl (C=O) groups is 2. The van der Waals surface area contributed by atoms with E-state index in [0.717, 1.165) is 30.6 Å². The van der Waals surface area contributed by atoms with Crippen molar-refractivity contribution in [2.75, 3.05) is 32.8 Å². The summed E-state index contributed by atoms with van der Waals surface area (Å²) in [5, 5.41) is 13.9. The van der Waals surface area contributed by atoms with E-state index in [1.807, 2.05) is 24.3 Å². The van der Waals surface area contributed by atoms with Crippen molar-refractivity contribution >= 4 is 11.7 Å². The fourth-order valence-corrected chi connectivity index (χ4v) is 4.94. The average Bonchev–Trinajstić information content (AvgIpc) is 2.93. The molecule has 2 unspecified atom stereocenters. The van der Waals surface area contributed by atoms with Crippen molar-refractivity contribution < 1.29 is 28.6 Å². The lowest BCUT2D eigenvalue weighted by atomic mass is 9.86. The number of rotatable bonds is 8. The Kier molecular flexibility index (Phi) is 7.92. The quantitative estimate of drug-likeness (QED) is 0.316. The van der Waals surface area contributed by atoms with Crippen molar-refractivity contribution in [3.05, 3.63) is 83.2 Å². The highest BCUT2D eigenvalue weighted by Crippen LogP contribution is 2.36. The summed E-state index contributed by atoms with van der Waals surface area (Å²) in [6, 6.07) is 17.1. The largest absolute Gasteiger partial charge is 0.486 e. The van der Waals surface area contributed by atoms with Gasteiger partial charge in [-0.15, -0.1) is 0 Å². The lowest BCUT2D eigenvalue weighted by Gasteiger charge is -2.36. The van der Waals surface area contributed by atoms with Crippen LogP contribution in [0.1, 0.15) is 54.8 Å². The normalized spacial score (nSPS) is 16.5. The Balaban J connectivity index is 1.30. The monoisotopic (exact) mass is 546 g/mol. The van der Waals surface area contributed by atoms with Crippen LogP contribution in [0.25, 0.3) is 11.1 Å². The van der Waals surface area contributed by atoms with Crippen LogP contribution in [-0.2, 0) is 10.2 Å². The number of nitrogens with zero attached hydrogens (tertiary/aromatic N) is 1. The fraction of sp³-hybridized carbons (Fsp3) is 0.375. The Hall–Kier alpha value is -3.75. The predicted molar refractivity (Wildman–Crippen MR) is 150 cm³/mol. The van der Waals surface area contributed by atoms with Gasteiger partial charge in [0.15, 0.2) is 17.3 Å². The summed E-state index contributed by atoms with van der Waals surface area (Å²) in [6.45, 7) is 8.96. The zero-order valence-corrected chi connectivity index (χ0v) is 23.1. The number of ether oxygens (including phenoxy) is 2. The highest BCUT2D eigenvalue weighted by molar-refractivity contribution is 6.42. The van der Waals surface area contributed by atoms with Gasteiger partial charge >= 0.3 is 0 Å². The number of fused-ring (bicyclic) bond motifs is 1. The molecule has 2 N–H and O–H groups in total. The van der Waals surface area contributed by atoms with Gasteiger partial charge in [0.05, 0.1) is 6.04 Å². The van der Waals surface area contributed by atoms with Crippen molar-refractivity contribution in [1.82, 2.24) is 10.2 Å². The Morgan fingerprint density at radius 2 is 1.60 bits per heavy atom. The van der Waals surface area contributed by atoms with Gasteiger partial charge in [0.1, 0.15) is 19.3 Å². The molecule has 8 heteroatoms. The Bertz CT molecular complexity index is 1380. The fourth-order valence-electron chi connectivity index (χ4n) is 4.94. The number of carbonyl (C=O) groups excluding carboxylic acids is 2. The highest BCUT2D eigenvalue weighted by atomic mass is 19.1. The molecule has 2 aliphatic heterocycles. The van der Waals surface area contributed by atoms with Gasteiger partial charge in [0.2, 0.25) is 5.78 Å². The summed E-state index contributed by atoms with van der Waals surface area (Å²) >= 11 is 0. The molecule has 0 bridgehead atoms. The molecule has 0 saturated carbocycles. The van der Waals surface area contributed by atoms with Crippen LogP contribution in [0.2, 0.25) is 0 Å². The van der Waals surface area contributed by atoms with Crippen molar-refractivity contribution in [3.8, 4) is 22.6 Å². The van der Waals surface area contributed by atoms with Gasteiger partial charge in [0, 0.05) is 12.1 Å². The van der Waals surface area contributed by atoms with E-state index < -0.39 is 29.7 Å². The highest BCUT2D eigenvalue weighted by Gasteiger charge is 2.31. The SMILES string of the molecule is CC(C)(C)c1ccc(-c2ccc(C(=O)C(=O)NC(CN3CCC3)C(O)c3cc(F)c4c(c3)OCCO4)cc2)cc1. The van der Waals surface area contributed by atoms with Gasteiger partial charge in [-0.05, 0) is 59.3 Å². The molecular formula is C32H35FN2O5. The van der Waals surface area contributed by atoms with Crippen molar-refractivity contribution in [2.45, 2.75) is 44.8 Å². The second-order valence-corrected chi connectivity index (χ2v) is 11.4. The summed E-state index contributed by atoms with van der Waals surface area (Å²) in [5.74, 6) is -1.97. The van der Waals surface area contributed by atoms with Crippen molar-refractivity contribution in [2.24, 2.45) is 0 Å². The molecular weight excluding hydrogens is 511 g/mol. The molecule has 0 aliphatic carbocycles. The number of aliphatic hydroxyl groups excluding tert-OH is 1. The minimum Gasteiger partial charge on any atom is -0.486 e. The molecule has 3 aromatic rings. The minimum atomic E-state index is -1.26. The Labute approximate surface area is 233 Å². The molecule has 7 nitrogen and oxygen atoms in total. The predicted octanol–water partition coefficient (Wildman–Crippen LogP) is 4.67. The molecule has 1 saturated heterocycles. The number of hydrogen-bond acceptors (Lipinski definition) is 6. The number of benzene rings is 3. The van der Waals surface area contributed by atoms with Crippen LogP contribution in [0.3, 0.4) is 0 Å². The van der Waals surface area contributed by atoms with Crippen LogP contribution in [0.5, 0.6) is 11.5 Å². The van der Waals surface area contributed by atoms with E-state index in [4.69, 9.17) is 9.47 Å². The molecule has 5 rings (SSSR count). The van der Waals surface area contributed by atoms with E-state index in [1.54, 1.807) is 12.1 Å². The van der Waals surface area contributed by atoms with Gasteiger partial charge < -0.3 is 24.8 Å².